The second-order valence-corrected chi connectivity index (χ2v) is 5.71. The summed E-state index contributed by atoms with van der Waals surface area (Å²) in [5, 5.41) is 4.92. The average molecular weight is 396 g/mol. The number of para-hydroxylation sites is 1. The van der Waals surface area contributed by atoms with Crippen LogP contribution >= 0.6 is 23.7 Å². The van der Waals surface area contributed by atoms with Gasteiger partial charge in [-0.3, -0.25) is 4.79 Å². The van der Waals surface area contributed by atoms with E-state index in [1.54, 1.807) is 5.38 Å². The number of ether oxygens (including phenoxy) is 1. The van der Waals surface area contributed by atoms with Crippen molar-refractivity contribution in [1.29, 1.82) is 0 Å². The van der Waals surface area contributed by atoms with Crippen LogP contribution in [0.15, 0.2) is 29.6 Å². The monoisotopic (exact) mass is 395 g/mol. The molecular weight excluding hydrogens is 379 g/mol. The molecule has 0 aliphatic rings. The Hall–Kier alpha value is -1.84. The molecule has 2 rings (SSSR count). The lowest BCUT2D eigenvalue weighted by Crippen LogP contribution is -2.28. The fourth-order valence-electron chi connectivity index (χ4n) is 1.90. The molecule has 1 heterocycles. The molecule has 0 bridgehead atoms. The van der Waals surface area contributed by atoms with Gasteiger partial charge in [0, 0.05) is 11.8 Å². The number of alkyl halides is 3. The number of halogens is 4. The lowest BCUT2D eigenvalue weighted by atomic mass is 10.2. The Labute approximate surface area is 152 Å². The van der Waals surface area contributed by atoms with E-state index >= 15 is 0 Å². The number of hydrogen-bond donors (Lipinski definition) is 2. The molecule has 10 heteroatoms. The summed E-state index contributed by atoms with van der Waals surface area (Å²) in [5.74, 6) is -0.666. The largest absolute Gasteiger partial charge is 0.491 e. The summed E-state index contributed by atoms with van der Waals surface area (Å²) < 4.78 is 43.5. The minimum absolute atomic E-state index is 0. The molecule has 1 amide bonds. The summed E-state index contributed by atoms with van der Waals surface area (Å²) in [6.45, 7) is 0.425. The molecule has 0 atom stereocenters. The van der Waals surface area contributed by atoms with Gasteiger partial charge in [-0.2, -0.15) is 13.2 Å². The fraction of sp³-hybridized carbons (Fsp3) is 0.333. The van der Waals surface area contributed by atoms with Crippen LogP contribution in [0.25, 0.3) is 0 Å². The van der Waals surface area contributed by atoms with Gasteiger partial charge in [0.2, 0.25) is 0 Å². The van der Waals surface area contributed by atoms with Crippen molar-refractivity contribution in [3.05, 3.63) is 45.9 Å². The number of thiazole rings is 1. The van der Waals surface area contributed by atoms with E-state index in [0.29, 0.717) is 13.0 Å². The average Bonchev–Trinajstić information content (AvgIpc) is 3.00. The van der Waals surface area contributed by atoms with Crippen LogP contribution in [0.3, 0.4) is 0 Å². The van der Waals surface area contributed by atoms with Crippen molar-refractivity contribution in [1.82, 2.24) is 10.3 Å². The number of hydrogen-bond acceptors (Lipinski definition) is 5. The van der Waals surface area contributed by atoms with Crippen LogP contribution in [0.2, 0.25) is 0 Å². The van der Waals surface area contributed by atoms with E-state index in [2.05, 4.69) is 10.3 Å². The third-order valence-electron chi connectivity index (χ3n) is 2.98. The van der Waals surface area contributed by atoms with Crippen molar-refractivity contribution in [3.63, 3.8) is 0 Å². The highest BCUT2D eigenvalue weighted by Gasteiger charge is 2.33. The van der Waals surface area contributed by atoms with E-state index in [1.807, 2.05) is 0 Å². The molecule has 1 aromatic heterocycles. The molecule has 0 spiro atoms. The number of aromatic nitrogens is 1. The molecule has 0 radical (unpaired) electrons. The molecule has 138 valence electrons. The van der Waals surface area contributed by atoms with Crippen molar-refractivity contribution in [2.45, 2.75) is 12.6 Å². The molecule has 0 unspecified atom stereocenters. The van der Waals surface area contributed by atoms with E-state index < -0.39 is 17.6 Å². The maximum absolute atomic E-state index is 12.8. The zero-order chi connectivity index (χ0) is 17.6. The highest BCUT2D eigenvalue weighted by Crippen LogP contribution is 2.35. The lowest BCUT2D eigenvalue weighted by Gasteiger charge is -2.13. The molecule has 5 nitrogen and oxygen atoms in total. The van der Waals surface area contributed by atoms with Gasteiger partial charge in [-0.05, 0) is 18.7 Å². The van der Waals surface area contributed by atoms with Crippen LogP contribution in [-0.2, 0) is 12.6 Å². The van der Waals surface area contributed by atoms with Crippen molar-refractivity contribution in [2.24, 2.45) is 5.73 Å². The molecule has 0 saturated heterocycles. The summed E-state index contributed by atoms with van der Waals surface area (Å²) in [6, 6.07) is 4.93. The summed E-state index contributed by atoms with van der Waals surface area (Å²) >= 11 is 1.34. The molecule has 0 aliphatic heterocycles. The Bertz CT molecular complexity index is 695. The lowest BCUT2D eigenvalue weighted by molar-refractivity contribution is -0.138. The first-order valence-corrected chi connectivity index (χ1v) is 8.01. The van der Waals surface area contributed by atoms with E-state index in [1.165, 1.54) is 29.5 Å². The number of nitrogens with one attached hydrogen (secondary N) is 1. The van der Waals surface area contributed by atoms with Crippen molar-refractivity contribution in [3.8, 4) is 5.75 Å². The number of carbonyl (C=O) groups is 1. The van der Waals surface area contributed by atoms with E-state index in [4.69, 9.17) is 10.5 Å². The molecule has 0 aliphatic carbocycles. The van der Waals surface area contributed by atoms with E-state index in [9.17, 15) is 18.0 Å². The maximum Gasteiger partial charge on any atom is 0.419 e. The Balaban J connectivity index is 0.00000312. The first-order chi connectivity index (χ1) is 11.4. The summed E-state index contributed by atoms with van der Waals surface area (Å²) in [4.78, 5) is 16.0. The third kappa shape index (κ3) is 6.18. The Kier molecular flexibility index (Phi) is 8.14. The maximum atomic E-state index is 12.8. The van der Waals surface area contributed by atoms with Crippen LogP contribution in [0, 0.1) is 0 Å². The second-order valence-electron chi connectivity index (χ2n) is 4.76. The van der Waals surface area contributed by atoms with Crippen LogP contribution < -0.4 is 15.8 Å². The highest BCUT2D eigenvalue weighted by atomic mass is 35.5. The van der Waals surface area contributed by atoms with Gasteiger partial charge in [-0.25, -0.2) is 4.98 Å². The summed E-state index contributed by atoms with van der Waals surface area (Å²) in [7, 11) is 0. The van der Waals surface area contributed by atoms with Crippen LogP contribution in [0.5, 0.6) is 5.75 Å². The number of amides is 1. The van der Waals surface area contributed by atoms with E-state index in [-0.39, 0.29) is 37.0 Å². The van der Waals surface area contributed by atoms with Gasteiger partial charge in [-0.1, -0.05) is 12.1 Å². The molecular formula is C15H17ClF3N3O2S. The minimum atomic E-state index is -4.49. The molecule has 0 fully saturated rings. The van der Waals surface area contributed by atoms with Crippen LogP contribution in [0.4, 0.5) is 13.2 Å². The zero-order valence-corrected chi connectivity index (χ0v) is 14.6. The summed E-state index contributed by atoms with van der Waals surface area (Å²) in [6.07, 6.45) is -3.89. The molecule has 3 N–H and O–H groups in total. The highest BCUT2D eigenvalue weighted by molar-refractivity contribution is 7.09. The van der Waals surface area contributed by atoms with Crippen molar-refractivity contribution < 1.29 is 22.7 Å². The topological polar surface area (TPSA) is 77.2 Å². The molecule has 0 saturated carbocycles. The minimum Gasteiger partial charge on any atom is -0.491 e. The Morgan fingerprint density at radius 2 is 2.04 bits per heavy atom. The van der Waals surface area contributed by atoms with Gasteiger partial charge in [0.25, 0.3) is 5.91 Å². The van der Waals surface area contributed by atoms with Crippen LogP contribution in [-0.4, -0.2) is 30.6 Å². The fourth-order valence-corrected chi connectivity index (χ4v) is 2.69. The SMILES string of the molecule is Cl.NCCc1nc(C(=O)NCCOc2ccccc2C(F)(F)F)cs1. The van der Waals surface area contributed by atoms with Crippen molar-refractivity contribution in [2.75, 3.05) is 19.7 Å². The first-order valence-electron chi connectivity index (χ1n) is 7.13. The van der Waals surface area contributed by atoms with Gasteiger partial charge >= 0.3 is 6.18 Å². The predicted octanol–water partition coefficient (Wildman–Crippen LogP) is 2.89. The Morgan fingerprint density at radius 1 is 1.32 bits per heavy atom. The third-order valence-corrected chi connectivity index (χ3v) is 3.89. The number of rotatable bonds is 7. The van der Waals surface area contributed by atoms with Crippen LogP contribution in [0.1, 0.15) is 21.1 Å². The van der Waals surface area contributed by atoms with Crippen molar-refractivity contribution >= 4 is 29.7 Å². The van der Waals surface area contributed by atoms with Gasteiger partial charge < -0.3 is 15.8 Å². The number of carbonyl (C=O) groups excluding carboxylic acids is 1. The number of nitrogens with zero attached hydrogens (tertiary/aromatic N) is 1. The predicted molar refractivity (Wildman–Crippen MR) is 91.4 cm³/mol. The summed E-state index contributed by atoms with van der Waals surface area (Å²) in [5.41, 5.74) is 4.83. The van der Waals surface area contributed by atoms with Gasteiger partial charge in [-0.15, -0.1) is 23.7 Å². The Morgan fingerprint density at radius 3 is 2.72 bits per heavy atom. The van der Waals surface area contributed by atoms with Gasteiger partial charge in [0.15, 0.2) is 0 Å². The smallest absolute Gasteiger partial charge is 0.419 e. The molecule has 1 aromatic carbocycles. The zero-order valence-electron chi connectivity index (χ0n) is 13.0. The molecule has 25 heavy (non-hydrogen) atoms. The molecule has 2 aromatic rings. The van der Waals surface area contributed by atoms with Gasteiger partial charge in [0.1, 0.15) is 18.1 Å². The van der Waals surface area contributed by atoms with Gasteiger partial charge in [0.05, 0.1) is 17.1 Å². The quantitative estimate of drug-likeness (QED) is 0.707. The number of nitrogens with two attached hydrogens (primary N) is 1. The second kappa shape index (κ2) is 9.59. The normalized spacial score (nSPS) is 10.9. The first kappa shape index (κ1) is 21.2. The standard InChI is InChI=1S/C15H16F3N3O2S.ClH/c16-15(17,18)10-3-1-2-4-12(10)23-8-7-20-14(22)11-9-24-13(21-11)5-6-19;/h1-4,9H,5-8,19H2,(H,20,22);1H. The number of benzene rings is 1. The van der Waals surface area contributed by atoms with E-state index in [0.717, 1.165) is 11.1 Å².